The number of rotatable bonds is 5. The summed E-state index contributed by atoms with van der Waals surface area (Å²) >= 11 is 0. The van der Waals surface area contributed by atoms with Gasteiger partial charge in [0.2, 0.25) is 0 Å². The third-order valence-electron chi connectivity index (χ3n) is 3.81. The minimum Gasteiger partial charge on any atom is -0.322 e. The van der Waals surface area contributed by atoms with Crippen molar-refractivity contribution in [2.45, 2.75) is 11.8 Å². The Morgan fingerprint density at radius 2 is 1.56 bits per heavy atom. The first-order valence-corrected chi connectivity index (χ1v) is 9.58. The smallest absolute Gasteiger partial charge is 0.261 e. The highest BCUT2D eigenvalue weighted by molar-refractivity contribution is 7.92. The lowest BCUT2D eigenvalue weighted by molar-refractivity contribution is 0.102. The van der Waals surface area contributed by atoms with Crippen LogP contribution in [0.5, 0.6) is 0 Å². The van der Waals surface area contributed by atoms with Gasteiger partial charge in [0.05, 0.1) is 4.90 Å². The molecule has 27 heavy (non-hydrogen) atoms. The van der Waals surface area contributed by atoms with Gasteiger partial charge >= 0.3 is 0 Å². The van der Waals surface area contributed by atoms with E-state index in [2.05, 4.69) is 10.0 Å². The fourth-order valence-corrected chi connectivity index (χ4v) is 3.45. The molecular formula is C20H17FN2O3S. The van der Waals surface area contributed by atoms with E-state index < -0.39 is 21.7 Å². The van der Waals surface area contributed by atoms with Crippen molar-refractivity contribution in [3.05, 3.63) is 89.7 Å². The second kappa shape index (κ2) is 7.59. The van der Waals surface area contributed by atoms with Crippen molar-refractivity contribution < 1.29 is 17.6 Å². The number of sulfonamides is 1. The molecule has 2 N–H and O–H groups in total. The van der Waals surface area contributed by atoms with Gasteiger partial charge in [0.1, 0.15) is 5.82 Å². The number of carbonyl (C=O) groups is 1. The molecule has 0 aliphatic carbocycles. The first-order chi connectivity index (χ1) is 12.8. The molecule has 0 radical (unpaired) electrons. The van der Waals surface area contributed by atoms with Crippen molar-refractivity contribution in [3.63, 3.8) is 0 Å². The highest BCUT2D eigenvalue weighted by Gasteiger charge is 2.15. The number of hydrogen-bond donors (Lipinski definition) is 2. The van der Waals surface area contributed by atoms with Crippen LogP contribution in [-0.2, 0) is 10.0 Å². The van der Waals surface area contributed by atoms with Gasteiger partial charge in [-0.1, -0.05) is 23.8 Å². The maximum atomic E-state index is 13.2. The number of carbonyl (C=O) groups excluding carboxylic acids is 1. The monoisotopic (exact) mass is 384 g/mol. The van der Waals surface area contributed by atoms with Gasteiger partial charge in [-0.3, -0.25) is 9.52 Å². The van der Waals surface area contributed by atoms with Crippen molar-refractivity contribution in [1.29, 1.82) is 0 Å². The SMILES string of the molecule is Cc1ccc(NS(=O)(=O)c2ccc(C(=O)Nc3cccc(F)c3)cc2)cc1. The van der Waals surface area contributed by atoms with Crippen LogP contribution in [0.25, 0.3) is 0 Å². The van der Waals surface area contributed by atoms with E-state index in [0.717, 1.165) is 5.56 Å². The van der Waals surface area contributed by atoms with Gasteiger partial charge in [0, 0.05) is 16.9 Å². The summed E-state index contributed by atoms with van der Waals surface area (Å²) in [6.07, 6.45) is 0. The van der Waals surface area contributed by atoms with Gasteiger partial charge in [-0.15, -0.1) is 0 Å². The van der Waals surface area contributed by atoms with E-state index in [-0.39, 0.29) is 10.5 Å². The Morgan fingerprint density at radius 3 is 2.19 bits per heavy atom. The van der Waals surface area contributed by atoms with Gasteiger partial charge in [0.15, 0.2) is 0 Å². The van der Waals surface area contributed by atoms with Gasteiger partial charge < -0.3 is 5.32 Å². The van der Waals surface area contributed by atoms with Crippen molar-refractivity contribution in [3.8, 4) is 0 Å². The Bertz CT molecular complexity index is 1060. The van der Waals surface area contributed by atoms with Crippen molar-refractivity contribution >= 4 is 27.3 Å². The average Bonchev–Trinajstić information content (AvgIpc) is 2.63. The quantitative estimate of drug-likeness (QED) is 0.693. The molecule has 7 heteroatoms. The second-order valence-electron chi connectivity index (χ2n) is 5.96. The molecule has 0 bridgehead atoms. The van der Waals surface area contributed by atoms with E-state index in [0.29, 0.717) is 11.4 Å². The molecular weight excluding hydrogens is 367 g/mol. The maximum absolute atomic E-state index is 13.2. The lowest BCUT2D eigenvalue weighted by Crippen LogP contribution is -2.15. The Balaban J connectivity index is 1.73. The van der Waals surface area contributed by atoms with Crippen LogP contribution in [0.2, 0.25) is 0 Å². The minimum atomic E-state index is -3.76. The van der Waals surface area contributed by atoms with Crippen molar-refractivity contribution in [2.24, 2.45) is 0 Å². The Kier molecular flexibility index (Phi) is 5.23. The van der Waals surface area contributed by atoms with Crippen LogP contribution in [0.4, 0.5) is 15.8 Å². The topological polar surface area (TPSA) is 75.3 Å². The molecule has 138 valence electrons. The Hall–Kier alpha value is -3.19. The van der Waals surface area contributed by atoms with Gasteiger partial charge in [-0.25, -0.2) is 12.8 Å². The summed E-state index contributed by atoms with van der Waals surface area (Å²) in [4.78, 5) is 12.2. The molecule has 5 nitrogen and oxygen atoms in total. The van der Waals surface area contributed by atoms with E-state index in [1.54, 1.807) is 30.3 Å². The molecule has 0 aliphatic rings. The summed E-state index contributed by atoms with van der Waals surface area (Å²) < 4.78 is 40.6. The van der Waals surface area contributed by atoms with Crippen LogP contribution in [0.3, 0.4) is 0 Å². The number of anilines is 2. The average molecular weight is 384 g/mol. The van der Waals surface area contributed by atoms with E-state index in [1.165, 1.54) is 42.5 Å². The summed E-state index contributed by atoms with van der Waals surface area (Å²) in [6, 6.07) is 18.0. The molecule has 0 unspecified atom stereocenters. The molecule has 0 aromatic heterocycles. The van der Waals surface area contributed by atoms with Crippen LogP contribution in [0.1, 0.15) is 15.9 Å². The molecule has 0 heterocycles. The van der Waals surface area contributed by atoms with Gasteiger partial charge in [0.25, 0.3) is 15.9 Å². The van der Waals surface area contributed by atoms with E-state index >= 15 is 0 Å². The van der Waals surface area contributed by atoms with Crippen LogP contribution < -0.4 is 10.0 Å². The first kappa shape index (κ1) is 18.6. The third kappa shape index (κ3) is 4.71. The lowest BCUT2D eigenvalue weighted by atomic mass is 10.2. The molecule has 0 aliphatic heterocycles. The summed E-state index contributed by atoms with van der Waals surface area (Å²) in [6.45, 7) is 1.91. The lowest BCUT2D eigenvalue weighted by Gasteiger charge is -2.09. The van der Waals surface area contributed by atoms with Crippen LogP contribution >= 0.6 is 0 Å². The van der Waals surface area contributed by atoms with Gasteiger partial charge in [-0.2, -0.15) is 0 Å². The van der Waals surface area contributed by atoms with Crippen LogP contribution in [0.15, 0.2) is 77.7 Å². The zero-order chi connectivity index (χ0) is 19.4. The molecule has 0 saturated heterocycles. The summed E-state index contributed by atoms with van der Waals surface area (Å²) in [7, 11) is -3.76. The molecule has 0 fully saturated rings. The first-order valence-electron chi connectivity index (χ1n) is 8.10. The fourth-order valence-electron chi connectivity index (χ4n) is 2.39. The van der Waals surface area contributed by atoms with E-state index in [9.17, 15) is 17.6 Å². The van der Waals surface area contributed by atoms with Crippen LogP contribution in [0, 0.1) is 12.7 Å². The fraction of sp³-hybridized carbons (Fsp3) is 0.0500. The second-order valence-corrected chi connectivity index (χ2v) is 7.64. The molecule has 3 rings (SSSR count). The molecule has 0 spiro atoms. The molecule has 0 saturated carbocycles. The minimum absolute atomic E-state index is 0.0328. The highest BCUT2D eigenvalue weighted by atomic mass is 32.2. The normalized spacial score (nSPS) is 11.0. The summed E-state index contributed by atoms with van der Waals surface area (Å²) in [5.74, 6) is -0.924. The van der Waals surface area contributed by atoms with Gasteiger partial charge in [-0.05, 0) is 61.5 Å². The predicted molar refractivity (Wildman–Crippen MR) is 103 cm³/mol. The standard InChI is InChI=1S/C20H17FN2O3S/c1-14-5-9-17(10-6-14)23-27(25,26)19-11-7-15(8-12-19)20(24)22-18-4-2-3-16(21)13-18/h2-13,23H,1H3,(H,22,24). The summed E-state index contributed by atoms with van der Waals surface area (Å²) in [5.41, 5.74) is 2.05. The summed E-state index contributed by atoms with van der Waals surface area (Å²) in [5, 5.41) is 2.56. The number of halogens is 1. The number of nitrogens with one attached hydrogen (secondary N) is 2. The number of benzene rings is 3. The number of hydrogen-bond acceptors (Lipinski definition) is 3. The zero-order valence-corrected chi connectivity index (χ0v) is 15.3. The maximum Gasteiger partial charge on any atom is 0.261 e. The Morgan fingerprint density at radius 1 is 0.889 bits per heavy atom. The predicted octanol–water partition coefficient (Wildman–Crippen LogP) is 4.19. The third-order valence-corrected chi connectivity index (χ3v) is 5.21. The molecule has 3 aromatic carbocycles. The Labute approximate surface area is 156 Å². The van der Waals surface area contributed by atoms with Crippen LogP contribution in [-0.4, -0.2) is 14.3 Å². The highest BCUT2D eigenvalue weighted by Crippen LogP contribution is 2.18. The number of amides is 1. The van der Waals surface area contributed by atoms with E-state index in [4.69, 9.17) is 0 Å². The van der Waals surface area contributed by atoms with Crippen molar-refractivity contribution in [1.82, 2.24) is 0 Å². The molecule has 3 aromatic rings. The molecule has 0 atom stereocenters. The zero-order valence-electron chi connectivity index (χ0n) is 14.4. The number of aryl methyl sites for hydroxylation is 1. The molecule has 1 amide bonds. The van der Waals surface area contributed by atoms with Crippen molar-refractivity contribution in [2.75, 3.05) is 10.0 Å². The van der Waals surface area contributed by atoms with E-state index in [1.807, 2.05) is 6.92 Å². The largest absolute Gasteiger partial charge is 0.322 e.